The topological polar surface area (TPSA) is 42.7 Å². The van der Waals surface area contributed by atoms with E-state index >= 15 is 0 Å². The van der Waals surface area contributed by atoms with Crippen molar-refractivity contribution in [1.82, 2.24) is 20.1 Å². The Balaban J connectivity index is 1.76. The second-order valence-electron chi connectivity index (χ2n) is 4.79. The van der Waals surface area contributed by atoms with Gasteiger partial charge in [0.25, 0.3) is 0 Å². The average Bonchev–Trinajstić information content (AvgIpc) is 2.56. The van der Waals surface area contributed by atoms with Crippen LogP contribution >= 0.6 is 11.8 Å². The average molecular weight is 240 g/mol. The molecule has 0 saturated carbocycles. The lowest BCUT2D eigenvalue weighted by Crippen LogP contribution is -2.43. The Bertz CT molecular complexity index is 320. The standard InChI is InChI=1S/C11H20N4S/c1-9(2)5-15-11(13-8-14-15)7-16-6-10-3-12-4-10/h8-10,12H,3-7H2,1-2H3. The molecule has 4 nitrogen and oxygen atoms in total. The number of thioether (sulfide) groups is 1. The molecule has 0 bridgehead atoms. The molecule has 1 aliphatic rings. The molecule has 90 valence electrons. The van der Waals surface area contributed by atoms with Crippen LogP contribution in [0.5, 0.6) is 0 Å². The van der Waals surface area contributed by atoms with E-state index in [4.69, 9.17) is 0 Å². The van der Waals surface area contributed by atoms with Crippen LogP contribution in [0.15, 0.2) is 6.33 Å². The van der Waals surface area contributed by atoms with Crippen molar-refractivity contribution in [3.05, 3.63) is 12.2 Å². The van der Waals surface area contributed by atoms with Crippen LogP contribution in [-0.4, -0.2) is 33.6 Å². The quantitative estimate of drug-likeness (QED) is 0.816. The Morgan fingerprint density at radius 3 is 3.00 bits per heavy atom. The summed E-state index contributed by atoms with van der Waals surface area (Å²) in [5, 5.41) is 7.56. The molecule has 0 radical (unpaired) electrons. The van der Waals surface area contributed by atoms with Gasteiger partial charge < -0.3 is 5.32 Å². The predicted octanol–water partition coefficient (Wildman–Crippen LogP) is 1.39. The van der Waals surface area contributed by atoms with Crippen LogP contribution in [0.3, 0.4) is 0 Å². The van der Waals surface area contributed by atoms with E-state index in [1.54, 1.807) is 6.33 Å². The zero-order chi connectivity index (χ0) is 11.4. The summed E-state index contributed by atoms with van der Waals surface area (Å²) >= 11 is 1.97. The van der Waals surface area contributed by atoms with Gasteiger partial charge in [-0.3, -0.25) is 0 Å². The van der Waals surface area contributed by atoms with Crippen LogP contribution in [0.4, 0.5) is 0 Å². The van der Waals surface area contributed by atoms with Crippen LogP contribution < -0.4 is 5.32 Å². The summed E-state index contributed by atoms with van der Waals surface area (Å²) in [6, 6.07) is 0. The highest BCUT2D eigenvalue weighted by atomic mass is 32.2. The number of hydrogen-bond donors (Lipinski definition) is 1. The van der Waals surface area contributed by atoms with Crippen LogP contribution in [0.25, 0.3) is 0 Å². The Hall–Kier alpha value is -0.550. The summed E-state index contributed by atoms with van der Waals surface area (Å²) < 4.78 is 2.04. The van der Waals surface area contributed by atoms with Gasteiger partial charge in [0.1, 0.15) is 12.2 Å². The molecule has 0 unspecified atom stereocenters. The second kappa shape index (κ2) is 5.68. The molecule has 5 heteroatoms. The molecule has 0 aliphatic carbocycles. The van der Waals surface area contributed by atoms with Crippen molar-refractivity contribution in [3.8, 4) is 0 Å². The third-order valence-electron chi connectivity index (χ3n) is 2.68. The highest BCUT2D eigenvalue weighted by molar-refractivity contribution is 7.98. The van der Waals surface area contributed by atoms with Crippen molar-refractivity contribution >= 4 is 11.8 Å². The molecule has 0 atom stereocenters. The Morgan fingerprint density at radius 2 is 2.38 bits per heavy atom. The SMILES string of the molecule is CC(C)Cn1ncnc1CSCC1CNC1. The maximum Gasteiger partial charge on any atom is 0.138 e. The molecule has 2 rings (SSSR count). The maximum atomic E-state index is 4.33. The van der Waals surface area contributed by atoms with Gasteiger partial charge in [-0.15, -0.1) is 0 Å². The molecule has 1 N–H and O–H groups in total. The van der Waals surface area contributed by atoms with E-state index in [-0.39, 0.29) is 0 Å². The minimum Gasteiger partial charge on any atom is -0.316 e. The summed E-state index contributed by atoms with van der Waals surface area (Å²) in [7, 11) is 0. The van der Waals surface area contributed by atoms with Gasteiger partial charge in [0.05, 0.1) is 5.75 Å². The monoisotopic (exact) mass is 240 g/mol. The van der Waals surface area contributed by atoms with Gasteiger partial charge in [-0.1, -0.05) is 13.8 Å². The fraction of sp³-hybridized carbons (Fsp3) is 0.818. The first-order chi connectivity index (χ1) is 7.75. The summed E-state index contributed by atoms with van der Waals surface area (Å²) in [6.07, 6.45) is 1.67. The van der Waals surface area contributed by atoms with E-state index in [0.717, 1.165) is 24.0 Å². The van der Waals surface area contributed by atoms with E-state index in [0.29, 0.717) is 5.92 Å². The fourth-order valence-corrected chi connectivity index (χ4v) is 2.77. The Morgan fingerprint density at radius 1 is 1.56 bits per heavy atom. The normalized spacial score (nSPS) is 16.7. The van der Waals surface area contributed by atoms with Gasteiger partial charge in [0.2, 0.25) is 0 Å². The first-order valence-electron chi connectivity index (χ1n) is 5.91. The molecule has 1 fully saturated rings. The van der Waals surface area contributed by atoms with Crippen LogP contribution in [-0.2, 0) is 12.3 Å². The fourth-order valence-electron chi connectivity index (χ4n) is 1.68. The molecule has 16 heavy (non-hydrogen) atoms. The molecule has 0 aromatic carbocycles. The van der Waals surface area contributed by atoms with E-state index in [2.05, 4.69) is 29.2 Å². The van der Waals surface area contributed by atoms with Gasteiger partial charge in [0, 0.05) is 6.54 Å². The number of nitrogens with zero attached hydrogens (tertiary/aromatic N) is 3. The minimum atomic E-state index is 0.626. The third-order valence-corrected chi connectivity index (χ3v) is 3.85. The smallest absolute Gasteiger partial charge is 0.138 e. The van der Waals surface area contributed by atoms with Crippen molar-refractivity contribution in [2.75, 3.05) is 18.8 Å². The highest BCUT2D eigenvalue weighted by Crippen LogP contribution is 2.16. The molecule has 1 aromatic heterocycles. The molecule has 0 spiro atoms. The summed E-state index contributed by atoms with van der Waals surface area (Å²) in [4.78, 5) is 4.33. The van der Waals surface area contributed by atoms with Gasteiger partial charge in [-0.05, 0) is 30.7 Å². The molecule has 2 heterocycles. The zero-order valence-electron chi connectivity index (χ0n) is 10.0. The molecule has 1 saturated heterocycles. The summed E-state index contributed by atoms with van der Waals surface area (Å²) in [5.41, 5.74) is 0. The zero-order valence-corrected chi connectivity index (χ0v) is 10.8. The molecular weight excluding hydrogens is 220 g/mol. The lowest BCUT2D eigenvalue weighted by molar-refractivity contribution is 0.385. The van der Waals surface area contributed by atoms with Crippen molar-refractivity contribution in [3.63, 3.8) is 0 Å². The van der Waals surface area contributed by atoms with Gasteiger partial charge in [0.15, 0.2) is 0 Å². The Kier molecular flexibility index (Phi) is 4.23. The van der Waals surface area contributed by atoms with Crippen molar-refractivity contribution < 1.29 is 0 Å². The van der Waals surface area contributed by atoms with Gasteiger partial charge >= 0.3 is 0 Å². The van der Waals surface area contributed by atoms with Gasteiger partial charge in [-0.2, -0.15) is 16.9 Å². The van der Waals surface area contributed by atoms with Crippen LogP contribution in [0, 0.1) is 11.8 Å². The largest absolute Gasteiger partial charge is 0.316 e. The number of aromatic nitrogens is 3. The molecular formula is C11H20N4S. The number of hydrogen-bond acceptors (Lipinski definition) is 4. The molecule has 1 aliphatic heterocycles. The van der Waals surface area contributed by atoms with Crippen molar-refractivity contribution in [2.24, 2.45) is 11.8 Å². The number of nitrogens with one attached hydrogen (secondary N) is 1. The minimum absolute atomic E-state index is 0.626. The van der Waals surface area contributed by atoms with Crippen molar-refractivity contribution in [2.45, 2.75) is 26.1 Å². The summed E-state index contributed by atoms with van der Waals surface area (Å²) in [5.74, 6) is 4.84. The van der Waals surface area contributed by atoms with E-state index in [1.165, 1.54) is 18.8 Å². The number of rotatable bonds is 6. The highest BCUT2D eigenvalue weighted by Gasteiger charge is 2.16. The van der Waals surface area contributed by atoms with Crippen LogP contribution in [0.2, 0.25) is 0 Å². The van der Waals surface area contributed by atoms with E-state index < -0.39 is 0 Å². The maximum absolute atomic E-state index is 4.33. The lowest BCUT2D eigenvalue weighted by Gasteiger charge is -2.26. The van der Waals surface area contributed by atoms with Crippen molar-refractivity contribution in [1.29, 1.82) is 0 Å². The lowest BCUT2D eigenvalue weighted by atomic mass is 10.1. The first-order valence-corrected chi connectivity index (χ1v) is 7.06. The van der Waals surface area contributed by atoms with Crippen LogP contribution in [0.1, 0.15) is 19.7 Å². The third kappa shape index (κ3) is 3.22. The molecule has 1 aromatic rings. The first kappa shape index (κ1) is 11.9. The second-order valence-corrected chi connectivity index (χ2v) is 5.82. The van der Waals surface area contributed by atoms with Gasteiger partial charge in [-0.25, -0.2) is 9.67 Å². The molecule has 0 amide bonds. The Labute approximate surface area is 101 Å². The predicted molar refractivity (Wildman–Crippen MR) is 67.4 cm³/mol. The van der Waals surface area contributed by atoms with E-state index in [9.17, 15) is 0 Å². The summed E-state index contributed by atoms with van der Waals surface area (Å²) in [6.45, 7) is 7.76. The van der Waals surface area contributed by atoms with E-state index in [1.807, 2.05) is 16.4 Å².